The van der Waals surface area contributed by atoms with E-state index in [-0.39, 0.29) is 11.9 Å². The molecule has 3 heterocycles. The molecule has 1 aliphatic carbocycles. The highest BCUT2D eigenvalue weighted by molar-refractivity contribution is 7.18. The van der Waals surface area contributed by atoms with Gasteiger partial charge in [0.15, 0.2) is 0 Å². The number of aryl methyl sites for hydroxylation is 1. The second-order valence-corrected chi connectivity index (χ2v) is 12.5. The first-order valence-corrected chi connectivity index (χ1v) is 15.5. The number of hydrogen-bond donors (Lipinski definition) is 4. The van der Waals surface area contributed by atoms with E-state index in [4.69, 9.17) is 0 Å². The molecular formula is C32H34F3N7OS. The number of aromatic nitrogens is 2. The number of nitrogens with one attached hydrogen (secondary N) is 4. The molecule has 0 atom stereocenters. The van der Waals surface area contributed by atoms with Crippen LogP contribution < -0.4 is 21.3 Å². The van der Waals surface area contributed by atoms with Crippen molar-refractivity contribution in [3.05, 3.63) is 76.9 Å². The van der Waals surface area contributed by atoms with Gasteiger partial charge in [0.05, 0.1) is 21.3 Å². The van der Waals surface area contributed by atoms with E-state index in [0.29, 0.717) is 45.4 Å². The molecule has 2 aromatic heterocycles. The van der Waals surface area contributed by atoms with Gasteiger partial charge in [0.25, 0.3) is 5.91 Å². The normalized spacial score (nSPS) is 16.1. The van der Waals surface area contributed by atoms with E-state index >= 15 is 0 Å². The molecule has 1 amide bonds. The summed E-state index contributed by atoms with van der Waals surface area (Å²) in [6, 6.07) is 9.82. The predicted octanol–water partition coefficient (Wildman–Crippen LogP) is 7.43. The summed E-state index contributed by atoms with van der Waals surface area (Å²) >= 11 is 1.42. The summed E-state index contributed by atoms with van der Waals surface area (Å²) in [5.41, 5.74) is 3.28. The maximum absolute atomic E-state index is 13.8. The van der Waals surface area contributed by atoms with Crippen LogP contribution >= 0.6 is 11.3 Å². The third-order valence-electron chi connectivity index (χ3n) is 8.00. The smallest absolute Gasteiger partial charge is 0.382 e. The minimum absolute atomic E-state index is 0.0971. The minimum Gasteiger partial charge on any atom is -0.382 e. The Morgan fingerprint density at radius 3 is 2.45 bits per heavy atom. The number of nitrogens with zero attached hydrogens (tertiary/aromatic N) is 3. The largest absolute Gasteiger partial charge is 0.416 e. The summed E-state index contributed by atoms with van der Waals surface area (Å²) in [5.74, 6) is 0.427. The summed E-state index contributed by atoms with van der Waals surface area (Å²) in [4.78, 5) is 24.3. The number of likely N-dealkylation sites (tertiary alicyclic amines) is 1. The Balaban J connectivity index is 1.19. The summed E-state index contributed by atoms with van der Waals surface area (Å²) in [6.07, 6.45) is 0.861. The predicted molar refractivity (Wildman–Crippen MR) is 171 cm³/mol. The van der Waals surface area contributed by atoms with E-state index < -0.39 is 11.7 Å². The van der Waals surface area contributed by atoms with Crippen LogP contribution in [0.4, 0.5) is 36.1 Å². The highest BCUT2D eigenvalue weighted by atomic mass is 32.1. The maximum atomic E-state index is 13.8. The molecule has 2 fully saturated rings. The van der Waals surface area contributed by atoms with Crippen LogP contribution in [0.25, 0.3) is 15.9 Å². The first kappa shape index (κ1) is 29.9. The lowest BCUT2D eigenvalue weighted by Crippen LogP contribution is -2.36. The van der Waals surface area contributed by atoms with Crippen LogP contribution in [0.2, 0.25) is 0 Å². The average Bonchev–Trinajstić information content (AvgIpc) is 3.69. The van der Waals surface area contributed by atoms with Gasteiger partial charge in [-0.1, -0.05) is 12.6 Å². The Hall–Kier alpha value is -4.16. The quantitative estimate of drug-likeness (QED) is 0.154. The SMILES string of the molecule is C=C(Nc1ccc(C)c(NC(=O)c2csc3c(NC4CC4)ncnc23)c1)c1cc(NC2CCN(C)CC2)cc(C(F)(F)F)c1. The second kappa shape index (κ2) is 12.1. The van der Waals surface area contributed by atoms with Crippen LogP contribution in [0.15, 0.2) is 54.7 Å². The van der Waals surface area contributed by atoms with E-state index in [9.17, 15) is 18.0 Å². The van der Waals surface area contributed by atoms with Gasteiger partial charge in [-0.2, -0.15) is 13.2 Å². The zero-order valence-electron chi connectivity index (χ0n) is 24.5. The van der Waals surface area contributed by atoms with Gasteiger partial charge in [-0.05, 0) is 94.2 Å². The highest BCUT2D eigenvalue weighted by Gasteiger charge is 2.32. The Labute approximate surface area is 257 Å². The van der Waals surface area contributed by atoms with Crippen molar-refractivity contribution < 1.29 is 18.0 Å². The molecule has 6 rings (SSSR count). The third-order valence-corrected chi connectivity index (χ3v) is 8.97. The summed E-state index contributed by atoms with van der Waals surface area (Å²) in [5, 5.41) is 14.6. The van der Waals surface area contributed by atoms with E-state index in [0.717, 1.165) is 67.0 Å². The second-order valence-electron chi connectivity index (χ2n) is 11.6. The van der Waals surface area contributed by atoms with Crippen LogP contribution in [0.3, 0.4) is 0 Å². The molecular weight excluding hydrogens is 587 g/mol. The maximum Gasteiger partial charge on any atom is 0.416 e. The van der Waals surface area contributed by atoms with E-state index in [2.05, 4.69) is 42.7 Å². The fraction of sp³-hybridized carbons (Fsp3) is 0.344. The molecule has 4 aromatic rings. The van der Waals surface area contributed by atoms with Gasteiger partial charge in [-0.3, -0.25) is 4.79 Å². The number of halogens is 3. The summed E-state index contributed by atoms with van der Waals surface area (Å²) in [6.45, 7) is 7.69. The number of carbonyl (C=O) groups is 1. The highest BCUT2D eigenvalue weighted by Crippen LogP contribution is 2.36. The standard InChI is InChI=1S/C32H34F3N7OS/c1-18-4-5-24(15-27(18)41-31(43)26-16-44-29-28(26)36-17-37-30(29)40-22-6-7-22)38-19(2)20-12-21(32(33,34)35)14-25(13-20)39-23-8-10-42(3)11-9-23/h4-5,12-17,22-23,38-39H,2,6-11H2,1,3H3,(H,41,43)(H,36,37,40). The van der Waals surface area contributed by atoms with E-state index in [1.165, 1.54) is 17.7 Å². The van der Waals surface area contributed by atoms with Crippen molar-refractivity contribution in [3.63, 3.8) is 0 Å². The molecule has 2 aliphatic rings. The van der Waals surface area contributed by atoms with Crippen molar-refractivity contribution in [3.8, 4) is 0 Å². The number of hydrogen-bond acceptors (Lipinski definition) is 8. The number of fused-ring (bicyclic) bond motifs is 1. The number of anilines is 4. The molecule has 0 bridgehead atoms. The van der Waals surface area contributed by atoms with E-state index in [1.54, 1.807) is 23.6 Å². The number of carbonyl (C=O) groups excluding carboxylic acids is 1. The first-order valence-electron chi connectivity index (χ1n) is 14.6. The molecule has 12 heteroatoms. The van der Waals surface area contributed by atoms with Crippen molar-refractivity contribution in [1.82, 2.24) is 14.9 Å². The molecule has 230 valence electrons. The Morgan fingerprint density at radius 2 is 1.73 bits per heavy atom. The van der Waals surface area contributed by atoms with Crippen molar-refractivity contribution in [2.24, 2.45) is 0 Å². The molecule has 0 spiro atoms. The molecule has 0 radical (unpaired) electrons. The Morgan fingerprint density at radius 1 is 0.977 bits per heavy atom. The van der Waals surface area contributed by atoms with Crippen molar-refractivity contribution >= 4 is 56.0 Å². The lowest BCUT2D eigenvalue weighted by Gasteiger charge is -2.30. The van der Waals surface area contributed by atoms with Gasteiger partial charge in [-0.15, -0.1) is 11.3 Å². The van der Waals surface area contributed by atoms with Crippen molar-refractivity contribution in [2.75, 3.05) is 41.4 Å². The van der Waals surface area contributed by atoms with Gasteiger partial charge in [0.1, 0.15) is 12.1 Å². The van der Waals surface area contributed by atoms with Crippen molar-refractivity contribution in [2.45, 2.75) is 50.9 Å². The molecule has 1 saturated carbocycles. The topological polar surface area (TPSA) is 94.2 Å². The number of piperidine rings is 1. The summed E-state index contributed by atoms with van der Waals surface area (Å²) < 4.78 is 42.4. The zero-order valence-corrected chi connectivity index (χ0v) is 25.3. The number of thiophene rings is 1. The first-order chi connectivity index (χ1) is 21.0. The molecule has 44 heavy (non-hydrogen) atoms. The fourth-order valence-electron chi connectivity index (χ4n) is 5.24. The number of benzene rings is 2. The van der Waals surface area contributed by atoms with Gasteiger partial charge < -0.3 is 26.2 Å². The molecule has 4 N–H and O–H groups in total. The molecule has 8 nitrogen and oxygen atoms in total. The third kappa shape index (κ3) is 6.81. The number of amides is 1. The van der Waals surface area contributed by atoms with Gasteiger partial charge in [0, 0.05) is 40.2 Å². The minimum atomic E-state index is -4.51. The average molecular weight is 622 g/mol. The lowest BCUT2D eigenvalue weighted by molar-refractivity contribution is -0.137. The van der Waals surface area contributed by atoms with Gasteiger partial charge in [0.2, 0.25) is 0 Å². The number of alkyl halides is 3. The van der Waals surface area contributed by atoms with Crippen LogP contribution in [-0.4, -0.2) is 53.0 Å². The Bertz CT molecular complexity index is 1710. The molecule has 1 saturated heterocycles. The van der Waals surface area contributed by atoms with Crippen LogP contribution in [0.5, 0.6) is 0 Å². The molecule has 0 unspecified atom stereocenters. The van der Waals surface area contributed by atoms with Crippen molar-refractivity contribution in [1.29, 1.82) is 0 Å². The Kier molecular flexibility index (Phi) is 8.21. The zero-order chi connectivity index (χ0) is 31.0. The lowest BCUT2D eigenvalue weighted by atomic mass is 10.0. The van der Waals surface area contributed by atoms with Gasteiger partial charge in [-0.25, -0.2) is 9.97 Å². The van der Waals surface area contributed by atoms with Crippen LogP contribution in [-0.2, 0) is 6.18 Å². The molecule has 2 aromatic carbocycles. The van der Waals surface area contributed by atoms with Gasteiger partial charge >= 0.3 is 6.18 Å². The summed E-state index contributed by atoms with van der Waals surface area (Å²) in [7, 11) is 2.04. The monoisotopic (exact) mass is 621 g/mol. The van der Waals surface area contributed by atoms with Crippen LogP contribution in [0.1, 0.15) is 52.7 Å². The van der Waals surface area contributed by atoms with E-state index in [1.807, 2.05) is 20.0 Å². The fourth-order valence-corrected chi connectivity index (χ4v) is 6.20. The molecule has 1 aliphatic heterocycles. The number of rotatable bonds is 9. The van der Waals surface area contributed by atoms with Crippen LogP contribution in [0, 0.1) is 6.92 Å².